The molecular weight excluding hydrogens is 241 g/mol. The standard InChI is InChI=1S/C15H16FN3/c1-10(17)14-5-4-13(9-18-14)19-7-6-11-2-3-12(16)8-15(11)19/h2-5,8-10H,6-7,17H2,1H3/t10-/m0/s1. The lowest BCUT2D eigenvalue weighted by Gasteiger charge is -2.19. The molecule has 0 saturated carbocycles. The average Bonchev–Trinajstić information content (AvgIpc) is 2.81. The Morgan fingerprint density at radius 2 is 2.16 bits per heavy atom. The van der Waals surface area contributed by atoms with E-state index in [1.54, 1.807) is 12.3 Å². The number of aromatic nitrogens is 1. The van der Waals surface area contributed by atoms with Crippen molar-refractivity contribution in [3.05, 3.63) is 53.6 Å². The fraction of sp³-hybridized carbons (Fsp3) is 0.267. The summed E-state index contributed by atoms with van der Waals surface area (Å²) in [6.45, 7) is 2.76. The van der Waals surface area contributed by atoms with E-state index in [1.165, 1.54) is 11.6 Å². The van der Waals surface area contributed by atoms with Gasteiger partial charge in [-0.25, -0.2) is 4.39 Å². The molecule has 3 nitrogen and oxygen atoms in total. The van der Waals surface area contributed by atoms with Crippen LogP contribution < -0.4 is 10.6 Å². The summed E-state index contributed by atoms with van der Waals surface area (Å²) >= 11 is 0. The van der Waals surface area contributed by atoms with Crippen LogP contribution in [0.15, 0.2) is 36.5 Å². The number of pyridine rings is 1. The van der Waals surface area contributed by atoms with Crippen molar-refractivity contribution in [1.29, 1.82) is 0 Å². The quantitative estimate of drug-likeness (QED) is 0.899. The molecule has 0 unspecified atom stereocenters. The van der Waals surface area contributed by atoms with Crippen LogP contribution in [0.25, 0.3) is 0 Å². The Kier molecular flexibility index (Phi) is 2.95. The Balaban J connectivity index is 1.95. The van der Waals surface area contributed by atoms with E-state index < -0.39 is 0 Å². The Bertz CT molecular complexity index is 593. The van der Waals surface area contributed by atoms with Crippen LogP contribution in [0, 0.1) is 5.82 Å². The zero-order chi connectivity index (χ0) is 13.4. The van der Waals surface area contributed by atoms with Crippen LogP contribution in [-0.2, 0) is 6.42 Å². The van der Waals surface area contributed by atoms with Crippen molar-refractivity contribution in [3.8, 4) is 0 Å². The van der Waals surface area contributed by atoms with Crippen molar-refractivity contribution in [1.82, 2.24) is 4.98 Å². The number of halogens is 1. The number of rotatable bonds is 2. The van der Waals surface area contributed by atoms with Gasteiger partial charge < -0.3 is 10.6 Å². The van der Waals surface area contributed by atoms with Crippen LogP contribution in [0.2, 0.25) is 0 Å². The molecular formula is C15H16FN3. The van der Waals surface area contributed by atoms with Crippen molar-refractivity contribution >= 4 is 11.4 Å². The first-order valence-corrected chi connectivity index (χ1v) is 6.42. The summed E-state index contributed by atoms with van der Waals surface area (Å²) < 4.78 is 13.4. The summed E-state index contributed by atoms with van der Waals surface area (Å²) in [4.78, 5) is 6.45. The van der Waals surface area contributed by atoms with Gasteiger partial charge in [0.15, 0.2) is 0 Å². The van der Waals surface area contributed by atoms with Crippen LogP contribution in [0.1, 0.15) is 24.2 Å². The minimum Gasteiger partial charge on any atom is -0.340 e. The van der Waals surface area contributed by atoms with Crippen molar-refractivity contribution in [3.63, 3.8) is 0 Å². The zero-order valence-corrected chi connectivity index (χ0v) is 10.8. The molecule has 0 fully saturated rings. The summed E-state index contributed by atoms with van der Waals surface area (Å²) in [5.74, 6) is -0.203. The van der Waals surface area contributed by atoms with Gasteiger partial charge in [-0.3, -0.25) is 4.98 Å². The maximum Gasteiger partial charge on any atom is 0.125 e. The Morgan fingerprint density at radius 1 is 1.32 bits per heavy atom. The fourth-order valence-corrected chi connectivity index (χ4v) is 2.45. The van der Waals surface area contributed by atoms with Gasteiger partial charge in [-0.2, -0.15) is 0 Å². The van der Waals surface area contributed by atoms with Crippen LogP contribution in [0.3, 0.4) is 0 Å². The number of hydrogen-bond acceptors (Lipinski definition) is 3. The Hall–Kier alpha value is -1.94. The summed E-state index contributed by atoms with van der Waals surface area (Å²) in [5.41, 5.74) is 9.75. The third-order valence-corrected chi connectivity index (χ3v) is 3.49. The van der Waals surface area contributed by atoms with E-state index in [4.69, 9.17) is 5.73 Å². The van der Waals surface area contributed by atoms with Crippen molar-refractivity contribution in [2.24, 2.45) is 5.73 Å². The van der Waals surface area contributed by atoms with Gasteiger partial charge in [-0.15, -0.1) is 0 Å². The van der Waals surface area contributed by atoms with Crippen molar-refractivity contribution in [2.75, 3.05) is 11.4 Å². The molecule has 98 valence electrons. The van der Waals surface area contributed by atoms with Gasteiger partial charge in [0.2, 0.25) is 0 Å². The van der Waals surface area contributed by atoms with Crippen LogP contribution in [-0.4, -0.2) is 11.5 Å². The van der Waals surface area contributed by atoms with Crippen LogP contribution >= 0.6 is 0 Å². The average molecular weight is 257 g/mol. The first-order chi connectivity index (χ1) is 9.15. The molecule has 0 amide bonds. The highest BCUT2D eigenvalue weighted by molar-refractivity contribution is 5.69. The molecule has 3 rings (SSSR count). The van der Waals surface area contributed by atoms with Gasteiger partial charge in [0, 0.05) is 18.3 Å². The van der Waals surface area contributed by atoms with Crippen molar-refractivity contribution in [2.45, 2.75) is 19.4 Å². The molecule has 2 aromatic rings. The lowest BCUT2D eigenvalue weighted by Crippen LogP contribution is -2.14. The van der Waals surface area contributed by atoms with E-state index in [2.05, 4.69) is 9.88 Å². The maximum atomic E-state index is 13.4. The van der Waals surface area contributed by atoms with Gasteiger partial charge in [0.1, 0.15) is 5.82 Å². The Morgan fingerprint density at radius 3 is 2.84 bits per heavy atom. The molecule has 0 bridgehead atoms. The number of nitrogens with zero attached hydrogens (tertiary/aromatic N) is 2. The number of hydrogen-bond donors (Lipinski definition) is 1. The van der Waals surface area contributed by atoms with E-state index in [0.717, 1.165) is 30.0 Å². The molecule has 0 radical (unpaired) electrons. The molecule has 0 saturated heterocycles. The topological polar surface area (TPSA) is 42.1 Å². The predicted octanol–water partition coefficient (Wildman–Crippen LogP) is 2.93. The van der Waals surface area contributed by atoms with Gasteiger partial charge >= 0.3 is 0 Å². The van der Waals surface area contributed by atoms with Gasteiger partial charge in [-0.1, -0.05) is 6.07 Å². The normalized spacial score (nSPS) is 15.4. The summed E-state index contributed by atoms with van der Waals surface area (Å²) in [5, 5.41) is 0. The predicted molar refractivity (Wildman–Crippen MR) is 73.9 cm³/mol. The molecule has 4 heteroatoms. The van der Waals surface area contributed by atoms with Crippen molar-refractivity contribution < 1.29 is 4.39 Å². The van der Waals surface area contributed by atoms with Gasteiger partial charge in [0.25, 0.3) is 0 Å². The highest BCUT2D eigenvalue weighted by Crippen LogP contribution is 2.34. The second kappa shape index (κ2) is 4.63. The van der Waals surface area contributed by atoms with E-state index in [9.17, 15) is 4.39 Å². The van der Waals surface area contributed by atoms with E-state index in [-0.39, 0.29) is 11.9 Å². The van der Waals surface area contributed by atoms with Crippen LogP contribution in [0.4, 0.5) is 15.8 Å². The van der Waals surface area contributed by atoms with Gasteiger partial charge in [-0.05, 0) is 43.2 Å². The number of benzene rings is 1. The molecule has 1 atom stereocenters. The molecule has 1 aliphatic rings. The lowest BCUT2D eigenvalue weighted by molar-refractivity contribution is 0.628. The number of fused-ring (bicyclic) bond motifs is 1. The monoisotopic (exact) mass is 257 g/mol. The molecule has 1 aromatic carbocycles. The number of anilines is 2. The summed E-state index contributed by atoms with van der Waals surface area (Å²) in [7, 11) is 0. The first-order valence-electron chi connectivity index (χ1n) is 6.42. The molecule has 0 aliphatic carbocycles. The largest absolute Gasteiger partial charge is 0.340 e. The third kappa shape index (κ3) is 2.19. The van der Waals surface area contributed by atoms with E-state index in [0.29, 0.717) is 0 Å². The molecule has 1 aliphatic heterocycles. The lowest BCUT2D eigenvalue weighted by atomic mass is 10.1. The minimum absolute atomic E-state index is 0.0719. The van der Waals surface area contributed by atoms with Gasteiger partial charge in [0.05, 0.1) is 17.6 Å². The second-order valence-electron chi connectivity index (χ2n) is 4.90. The van der Waals surface area contributed by atoms with E-state index in [1.807, 2.05) is 25.1 Å². The summed E-state index contributed by atoms with van der Waals surface area (Å²) in [6, 6.07) is 8.80. The molecule has 2 N–H and O–H groups in total. The molecule has 19 heavy (non-hydrogen) atoms. The Labute approximate surface area is 111 Å². The molecule has 1 aromatic heterocycles. The molecule has 2 heterocycles. The second-order valence-corrected chi connectivity index (χ2v) is 4.90. The third-order valence-electron chi connectivity index (χ3n) is 3.49. The summed E-state index contributed by atoms with van der Waals surface area (Å²) in [6.07, 6.45) is 2.74. The zero-order valence-electron chi connectivity index (χ0n) is 10.8. The highest BCUT2D eigenvalue weighted by Gasteiger charge is 2.21. The van der Waals surface area contributed by atoms with Crippen LogP contribution in [0.5, 0.6) is 0 Å². The smallest absolute Gasteiger partial charge is 0.125 e. The SMILES string of the molecule is C[C@H](N)c1ccc(N2CCc3ccc(F)cc32)cn1. The maximum absolute atomic E-state index is 13.4. The first kappa shape index (κ1) is 12.1. The van der Waals surface area contributed by atoms with E-state index >= 15 is 0 Å². The molecule has 0 spiro atoms. The minimum atomic E-state index is -0.203. The number of nitrogens with two attached hydrogens (primary N) is 1. The highest BCUT2D eigenvalue weighted by atomic mass is 19.1. The fourth-order valence-electron chi connectivity index (χ4n) is 2.45.